The molecule has 3 nitrogen and oxygen atoms in total. The number of thiol groups is 1. The lowest BCUT2D eigenvalue weighted by Gasteiger charge is -2.25. The largest absolute Gasteiger partial charge is 0.309 e. The maximum Gasteiger partial charge on any atom is 0.0992 e. The van der Waals surface area contributed by atoms with Gasteiger partial charge >= 0.3 is 0 Å². The van der Waals surface area contributed by atoms with Gasteiger partial charge in [0.15, 0.2) is 0 Å². The number of benzene rings is 2. The third-order valence-electron chi connectivity index (χ3n) is 3.11. The molecule has 4 heteroatoms. The van der Waals surface area contributed by atoms with E-state index in [2.05, 4.69) is 0 Å². The standard InChI is InChI=1S/C13H12O3S/c14-17(15,16)12-8-7-10-4-1-3-9-5-2-6-11(12)13(9)10/h1-8,12,17H,(H2,14,15,16). The second kappa shape index (κ2) is 3.50. The van der Waals surface area contributed by atoms with Crippen molar-refractivity contribution in [3.63, 3.8) is 0 Å². The summed E-state index contributed by atoms with van der Waals surface area (Å²) in [6.07, 6.45) is 3.39. The summed E-state index contributed by atoms with van der Waals surface area (Å²) in [7, 11) is -4.14. The van der Waals surface area contributed by atoms with Crippen molar-refractivity contribution in [2.75, 3.05) is 0 Å². The van der Waals surface area contributed by atoms with E-state index < -0.39 is 15.7 Å². The second-order valence-electron chi connectivity index (χ2n) is 4.19. The normalized spacial score (nSPS) is 19.5. The van der Waals surface area contributed by atoms with Crippen LogP contribution < -0.4 is 0 Å². The Morgan fingerprint density at radius 2 is 1.76 bits per heavy atom. The van der Waals surface area contributed by atoms with Crippen molar-refractivity contribution in [2.24, 2.45) is 0 Å². The van der Waals surface area contributed by atoms with Crippen molar-refractivity contribution in [3.8, 4) is 0 Å². The fourth-order valence-corrected chi connectivity index (χ4v) is 3.26. The highest BCUT2D eigenvalue weighted by molar-refractivity contribution is 7.92. The molecule has 0 amide bonds. The molecule has 0 heterocycles. The molecule has 0 spiro atoms. The molecule has 0 bridgehead atoms. The molecule has 0 aromatic heterocycles. The number of hydrogen-bond acceptors (Lipinski definition) is 1. The van der Waals surface area contributed by atoms with Crippen molar-refractivity contribution in [3.05, 3.63) is 53.6 Å². The first-order chi connectivity index (χ1) is 8.07. The van der Waals surface area contributed by atoms with Crippen molar-refractivity contribution in [2.45, 2.75) is 5.25 Å². The number of rotatable bonds is 1. The lowest BCUT2D eigenvalue weighted by molar-refractivity contribution is 0.416. The Labute approximate surface area is 99.9 Å². The third kappa shape index (κ3) is 1.61. The maximum atomic E-state index is 11.5. The van der Waals surface area contributed by atoms with Gasteiger partial charge in [0.1, 0.15) is 0 Å². The molecule has 1 aliphatic carbocycles. The minimum atomic E-state index is -4.14. The molecule has 0 radical (unpaired) electrons. The molecule has 2 aromatic rings. The van der Waals surface area contributed by atoms with Crippen LogP contribution in [-0.2, 0) is 10.5 Å². The fourth-order valence-electron chi connectivity index (χ4n) is 2.38. The molecule has 2 aromatic carbocycles. The molecule has 2 N–H and O–H groups in total. The molecule has 1 aliphatic rings. The summed E-state index contributed by atoms with van der Waals surface area (Å²) >= 11 is 0. The highest BCUT2D eigenvalue weighted by atomic mass is 32.3. The van der Waals surface area contributed by atoms with Gasteiger partial charge in [-0.05, 0) is 21.9 Å². The van der Waals surface area contributed by atoms with Crippen molar-refractivity contribution in [1.82, 2.24) is 0 Å². The fraction of sp³-hybridized carbons (Fsp3) is 0.0769. The van der Waals surface area contributed by atoms with E-state index in [0.717, 1.165) is 16.3 Å². The van der Waals surface area contributed by atoms with Gasteiger partial charge in [-0.2, -0.15) is 0 Å². The quantitative estimate of drug-likeness (QED) is 0.680. The zero-order valence-corrected chi connectivity index (χ0v) is 9.84. The zero-order valence-electron chi connectivity index (χ0n) is 8.95. The van der Waals surface area contributed by atoms with Crippen LogP contribution in [0.3, 0.4) is 0 Å². The van der Waals surface area contributed by atoms with Crippen molar-refractivity contribution < 1.29 is 13.3 Å². The second-order valence-corrected chi connectivity index (χ2v) is 5.92. The zero-order chi connectivity index (χ0) is 12.0. The highest BCUT2D eigenvalue weighted by Crippen LogP contribution is 2.38. The van der Waals surface area contributed by atoms with Crippen LogP contribution in [0.2, 0.25) is 0 Å². The number of hydrogen-bond donors (Lipinski definition) is 3. The van der Waals surface area contributed by atoms with E-state index in [1.54, 1.807) is 18.2 Å². The van der Waals surface area contributed by atoms with Gasteiger partial charge in [-0.3, -0.25) is 0 Å². The predicted octanol–water partition coefficient (Wildman–Crippen LogP) is 2.87. The summed E-state index contributed by atoms with van der Waals surface area (Å²) in [6.45, 7) is 0. The smallest absolute Gasteiger partial charge is 0.0992 e. The van der Waals surface area contributed by atoms with Gasteiger partial charge in [-0.15, -0.1) is 0 Å². The summed E-state index contributed by atoms with van der Waals surface area (Å²) < 4.78 is 30.2. The van der Waals surface area contributed by atoms with Crippen LogP contribution in [-0.4, -0.2) is 13.3 Å². The minimum absolute atomic E-state index is 0.717. The molecular formula is C13H12O3S. The summed E-state index contributed by atoms with van der Waals surface area (Å²) in [4.78, 5) is 0. The highest BCUT2D eigenvalue weighted by Gasteiger charge is 2.25. The van der Waals surface area contributed by atoms with Crippen LogP contribution in [0.5, 0.6) is 0 Å². The molecule has 0 fully saturated rings. The Morgan fingerprint density at radius 1 is 1.06 bits per heavy atom. The Bertz CT molecular complexity index is 664. The van der Waals surface area contributed by atoms with E-state index >= 15 is 0 Å². The summed E-state index contributed by atoms with van der Waals surface area (Å²) in [5.74, 6) is 0. The minimum Gasteiger partial charge on any atom is -0.309 e. The van der Waals surface area contributed by atoms with Crippen LogP contribution in [0, 0.1) is 0 Å². The van der Waals surface area contributed by atoms with E-state index in [1.807, 2.05) is 30.3 Å². The van der Waals surface area contributed by atoms with Crippen molar-refractivity contribution >= 4 is 27.3 Å². The van der Waals surface area contributed by atoms with E-state index in [1.165, 1.54) is 0 Å². The van der Waals surface area contributed by atoms with Crippen molar-refractivity contribution in [1.29, 1.82) is 0 Å². The lowest BCUT2D eigenvalue weighted by atomic mass is 9.93. The maximum absolute atomic E-state index is 11.5. The first-order valence-corrected chi connectivity index (χ1v) is 7.00. The van der Waals surface area contributed by atoms with Gasteiger partial charge in [0, 0.05) is 0 Å². The van der Waals surface area contributed by atoms with Crippen LogP contribution in [0.25, 0.3) is 16.8 Å². The van der Waals surface area contributed by atoms with Crippen LogP contribution in [0.1, 0.15) is 16.4 Å². The molecule has 0 aliphatic heterocycles. The van der Waals surface area contributed by atoms with Crippen LogP contribution >= 0.6 is 0 Å². The van der Waals surface area contributed by atoms with Gasteiger partial charge in [-0.25, -0.2) is 4.21 Å². The van der Waals surface area contributed by atoms with Gasteiger partial charge in [-0.1, -0.05) is 48.6 Å². The third-order valence-corrected chi connectivity index (χ3v) is 4.28. The van der Waals surface area contributed by atoms with Gasteiger partial charge < -0.3 is 9.11 Å². The average Bonchev–Trinajstić information content (AvgIpc) is 2.28. The average molecular weight is 248 g/mol. The molecule has 88 valence electrons. The Hall–Kier alpha value is -1.49. The van der Waals surface area contributed by atoms with E-state index in [4.69, 9.17) is 0 Å². The molecule has 17 heavy (non-hydrogen) atoms. The molecule has 0 saturated heterocycles. The Kier molecular flexibility index (Phi) is 2.19. The summed E-state index contributed by atoms with van der Waals surface area (Å²) in [6, 6.07) is 11.4. The molecule has 0 saturated carbocycles. The Morgan fingerprint density at radius 3 is 2.47 bits per heavy atom. The van der Waals surface area contributed by atoms with Gasteiger partial charge in [0.2, 0.25) is 0 Å². The predicted molar refractivity (Wildman–Crippen MR) is 70.5 cm³/mol. The Balaban J connectivity index is 2.38. The van der Waals surface area contributed by atoms with Crippen LogP contribution in [0.15, 0.2) is 42.5 Å². The first-order valence-electron chi connectivity index (χ1n) is 5.32. The van der Waals surface area contributed by atoms with E-state index in [-0.39, 0.29) is 0 Å². The molecule has 1 unspecified atom stereocenters. The van der Waals surface area contributed by atoms with Gasteiger partial charge in [0.25, 0.3) is 0 Å². The SMILES string of the molecule is O=[SH](O)(O)C1C=Cc2cccc3cccc1c23. The van der Waals surface area contributed by atoms with Crippen LogP contribution in [0.4, 0.5) is 0 Å². The van der Waals surface area contributed by atoms with E-state index in [9.17, 15) is 13.3 Å². The summed E-state index contributed by atoms with van der Waals surface area (Å²) in [5, 5.41) is 1.15. The molecule has 3 rings (SSSR count). The lowest BCUT2D eigenvalue weighted by Crippen LogP contribution is -2.19. The first kappa shape index (κ1) is 10.7. The molecule has 1 atom stereocenters. The van der Waals surface area contributed by atoms with Gasteiger partial charge in [0.05, 0.1) is 15.7 Å². The monoisotopic (exact) mass is 248 g/mol. The van der Waals surface area contributed by atoms with E-state index in [0.29, 0.717) is 5.56 Å². The summed E-state index contributed by atoms with van der Waals surface area (Å²) in [5.41, 5.74) is 1.73. The topological polar surface area (TPSA) is 57.5 Å². The molecular weight excluding hydrogens is 236 g/mol.